The molecule has 1 aromatic carbocycles. The van der Waals surface area contributed by atoms with Crippen LogP contribution in [0.5, 0.6) is 0 Å². The van der Waals surface area contributed by atoms with Gasteiger partial charge >= 0.3 is 0 Å². The van der Waals surface area contributed by atoms with Gasteiger partial charge in [-0.2, -0.15) is 0 Å². The molecule has 0 N–H and O–H groups in total. The summed E-state index contributed by atoms with van der Waals surface area (Å²) in [6, 6.07) is 1.11. The van der Waals surface area contributed by atoms with E-state index >= 15 is 0 Å². The third kappa shape index (κ3) is 1.69. The van der Waals surface area contributed by atoms with Crippen molar-refractivity contribution in [2.75, 3.05) is 0 Å². The highest BCUT2D eigenvalue weighted by atomic mass is 79.9. The highest BCUT2D eigenvalue weighted by Gasteiger charge is 2.13. The van der Waals surface area contributed by atoms with Gasteiger partial charge in [0.15, 0.2) is 0 Å². The lowest BCUT2D eigenvalue weighted by Gasteiger charge is -2.05. The second-order valence-electron chi connectivity index (χ2n) is 2.30. The lowest BCUT2D eigenvalue weighted by molar-refractivity contribution is 0.575. The molecular weight excluding hydrogens is 294 g/mol. The summed E-state index contributed by atoms with van der Waals surface area (Å²) in [5.41, 5.74) is 0.363. The van der Waals surface area contributed by atoms with Gasteiger partial charge in [-0.15, -0.1) is 0 Å². The smallest absolute Gasteiger partial charge is 0.141 e. The summed E-state index contributed by atoms with van der Waals surface area (Å²) in [5, 5.41) is 0. The van der Waals surface area contributed by atoms with Crippen LogP contribution in [0.15, 0.2) is 15.0 Å². The molecule has 0 aromatic heterocycles. The second-order valence-corrected chi connectivity index (χ2v) is 3.95. The molecular formula is C8H6Br2F2. The molecule has 0 fully saturated rings. The Kier molecular flexibility index (Phi) is 3.23. The van der Waals surface area contributed by atoms with Gasteiger partial charge in [-0.1, -0.05) is 6.92 Å². The van der Waals surface area contributed by atoms with E-state index in [1.165, 1.54) is 0 Å². The Morgan fingerprint density at radius 1 is 1.33 bits per heavy atom. The maximum atomic E-state index is 13.2. The van der Waals surface area contributed by atoms with Gasteiger partial charge in [0.2, 0.25) is 0 Å². The molecule has 4 heteroatoms. The molecule has 0 spiro atoms. The van der Waals surface area contributed by atoms with Gasteiger partial charge in [-0.3, -0.25) is 0 Å². The molecule has 1 aromatic rings. The SMILES string of the molecule is CCc1c(F)c(Br)cc(F)c1Br. The third-order valence-corrected chi connectivity index (χ3v) is 2.99. The van der Waals surface area contributed by atoms with Crippen molar-refractivity contribution in [1.29, 1.82) is 0 Å². The molecule has 0 nitrogen and oxygen atoms in total. The van der Waals surface area contributed by atoms with Crippen molar-refractivity contribution < 1.29 is 8.78 Å². The summed E-state index contributed by atoms with van der Waals surface area (Å²) in [6.07, 6.45) is 0.461. The summed E-state index contributed by atoms with van der Waals surface area (Å²) in [6.45, 7) is 1.77. The number of hydrogen-bond acceptors (Lipinski definition) is 0. The minimum absolute atomic E-state index is 0.167. The molecule has 12 heavy (non-hydrogen) atoms. The summed E-state index contributed by atoms with van der Waals surface area (Å²) < 4.78 is 26.5. The average molecular weight is 300 g/mol. The molecule has 1 rings (SSSR count). The molecule has 0 saturated heterocycles. The Labute approximate surface area is 86.2 Å². The minimum Gasteiger partial charge on any atom is -0.206 e. The van der Waals surface area contributed by atoms with Crippen LogP contribution in [0.1, 0.15) is 12.5 Å². The number of hydrogen-bond donors (Lipinski definition) is 0. The molecule has 0 saturated carbocycles. The molecule has 66 valence electrons. The van der Waals surface area contributed by atoms with E-state index in [0.29, 0.717) is 12.0 Å². The van der Waals surface area contributed by atoms with Crippen LogP contribution in [-0.4, -0.2) is 0 Å². The quantitative estimate of drug-likeness (QED) is 0.686. The van der Waals surface area contributed by atoms with E-state index in [1.54, 1.807) is 6.92 Å². The fourth-order valence-corrected chi connectivity index (χ4v) is 1.94. The first kappa shape index (κ1) is 10.1. The van der Waals surface area contributed by atoms with Crippen LogP contribution in [0.3, 0.4) is 0 Å². The summed E-state index contributed by atoms with van der Waals surface area (Å²) >= 11 is 5.93. The number of halogens is 4. The van der Waals surface area contributed by atoms with Crippen LogP contribution in [0.2, 0.25) is 0 Å². The highest BCUT2D eigenvalue weighted by molar-refractivity contribution is 9.11. The van der Waals surface area contributed by atoms with E-state index in [-0.39, 0.29) is 8.95 Å². The number of rotatable bonds is 1. The Morgan fingerprint density at radius 2 is 1.92 bits per heavy atom. The van der Waals surface area contributed by atoms with Crippen LogP contribution in [0, 0.1) is 11.6 Å². The van der Waals surface area contributed by atoms with Crippen molar-refractivity contribution >= 4 is 31.9 Å². The molecule has 0 unspecified atom stereocenters. The van der Waals surface area contributed by atoms with Gasteiger partial charge in [-0.25, -0.2) is 8.78 Å². The van der Waals surface area contributed by atoms with Crippen molar-refractivity contribution in [2.45, 2.75) is 13.3 Å². The van der Waals surface area contributed by atoms with E-state index in [1.807, 2.05) is 0 Å². The number of benzene rings is 1. The standard InChI is InChI=1S/C8H6Br2F2/c1-2-4-7(10)6(11)3-5(9)8(4)12/h3H,2H2,1H3. The lowest BCUT2D eigenvalue weighted by Crippen LogP contribution is -1.94. The normalized spacial score (nSPS) is 10.4. The Morgan fingerprint density at radius 3 is 2.42 bits per heavy atom. The first-order valence-corrected chi connectivity index (χ1v) is 4.98. The zero-order valence-corrected chi connectivity index (χ0v) is 9.47. The van der Waals surface area contributed by atoms with Crippen LogP contribution in [-0.2, 0) is 6.42 Å². The van der Waals surface area contributed by atoms with E-state index in [9.17, 15) is 8.78 Å². The predicted molar refractivity (Wildman–Crippen MR) is 51.1 cm³/mol. The summed E-state index contributed by atoms with van der Waals surface area (Å²) in [4.78, 5) is 0. The van der Waals surface area contributed by atoms with Crippen molar-refractivity contribution in [3.8, 4) is 0 Å². The molecule has 0 aliphatic rings. The van der Waals surface area contributed by atoms with Gasteiger partial charge in [0.1, 0.15) is 11.6 Å². The average Bonchev–Trinajstić information content (AvgIpc) is 2.02. The van der Waals surface area contributed by atoms with Gasteiger partial charge < -0.3 is 0 Å². The van der Waals surface area contributed by atoms with Crippen LogP contribution < -0.4 is 0 Å². The predicted octanol–water partition coefficient (Wildman–Crippen LogP) is 4.05. The first-order chi connectivity index (χ1) is 5.57. The molecule has 0 bridgehead atoms. The second kappa shape index (κ2) is 3.83. The Bertz CT molecular complexity index is 284. The van der Waals surface area contributed by atoms with E-state index in [4.69, 9.17) is 0 Å². The van der Waals surface area contributed by atoms with Crippen LogP contribution >= 0.6 is 31.9 Å². The topological polar surface area (TPSA) is 0 Å². The molecule has 0 amide bonds. The van der Waals surface area contributed by atoms with Gasteiger partial charge in [0.25, 0.3) is 0 Å². The fourth-order valence-electron chi connectivity index (χ4n) is 0.933. The zero-order chi connectivity index (χ0) is 9.30. The molecule has 0 aliphatic carbocycles. The van der Waals surface area contributed by atoms with Crippen LogP contribution in [0.4, 0.5) is 8.78 Å². The van der Waals surface area contributed by atoms with Gasteiger partial charge in [-0.05, 0) is 44.3 Å². The van der Waals surface area contributed by atoms with E-state index in [2.05, 4.69) is 31.9 Å². The molecule has 0 atom stereocenters. The largest absolute Gasteiger partial charge is 0.206 e. The molecule has 0 aliphatic heterocycles. The van der Waals surface area contributed by atoms with Crippen molar-refractivity contribution in [1.82, 2.24) is 0 Å². The van der Waals surface area contributed by atoms with Gasteiger partial charge in [0.05, 0.1) is 8.95 Å². The molecule has 0 radical (unpaired) electrons. The van der Waals surface area contributed by atoms with E-state index < -0.39 is 11.6 Å². The zero-order valence-electron chi connectivity index (χ0n) is 6.30. The lowest BCUT2D eigenvalue weighted by atomic mass is 10.1. The van der Waals surface area contributed by atoms with E-state index in [0.717, 1.165) is 6.07 Å². The first-order valence-electron chi connectivity index (χ1n) is 3.39. The van der Waals surface area contributed by atoms with Crippen molar-refractivity contribution in [3.05, 3.63) is 32.2 Å². The minimum atomic E-state index is -0.444. The summed E-state index contributed by atoms with van der Waals surface area (Å²) in [5.74, 6) is -0.842. The van der Waals surface area contributed by atoms with Crippen molar-refractivity contribution in [2.24, 2.45) is 0 Å². The summed E-state index contributed by atoms with van der Waals surface area (Å²) in [7, 11) is 0. The third-order valence-electron chi connectivity index (χ3n) is 1.56. The maximum Gasteiger partial charge on any atom is 0.141 e. The Hall–Kier alpha value is 0.0400. The molecule has 0 heterocycles. The highest BCUT2D eigenvalue weighted by Crippen LogP contribution is 2.29. The Balaban J connectivity index is 3.42. The fraction of sp³-hybridized carbons (Fsp3) is 0.250. The van der Waals surface area contributed by atoms with Crippen LogP contribution in [0.25, 0.3) is 0 Å². The maximum absolute atomic E-state index is 13.2. The monoisotopic (exact) mass is 298 g/mol. The van der Waals surface area contributed by atoms with Gasteiger partial charge in [0, 0.05) is 5.56 Å². The van der Waals surface area contributed by atoms with Crippen molar-refractivity contribution in [3.63, 3.8) is 0 Å².